The van der Waals surface area contributed by atoms with Crippen molar-refractivity contribution in [2.75, 3.05) is 0 Å². The summed E-state index contributed by atoms with van der Waals surface area (Å²) in [5.74, 6) is -0.856. The van der Waals surface area contributed by atoms with E-state index in [-0.39, 0.29) is 0 Å². The third-order valence-corrected chi connectivity index (χ3v) is 2.37. The van der Waals surface area contributed by atoms with Crippen LogP contribution in [-0.4, -0.2) is 0 Å². The van der Waals surface area contributed by atoms with Crippen molar-refractivity contribution in [3.8, 4) is 0 Å². The van der Waals surface area contributed by atoms with E-state index in [1.54, 1.807) is 6.92 Å². The molecule has 4 heteroatoms. The standard InChI is InChI=1S/C8H6BrF3/c1-4-2-7(10)5(8(11)12)3-6(4)9/h2-3,8H,1H3. The zero-order valence-corrected chi connectivity index (χ0v) is 7.83. The molecule has 0 amide bonds. The van der Waals surface area contributed by atoms with Gasteiger partial charge in [0.2, 0.25) is 0 Å². The third-order valence-electron chi connectivity index (χ3n) is 1.51. The lowest BCUT2D eigenvalue weighted by Gasteiger charge is -2.04. The number of hydrogen-bond acceptors (Lipinski definition) is 0. The Labute approximate surface area is 76.5 Å². The highest BCUT2D eigenvalue weighted by Gasteiger charge is 2.14. The van der Waals surface area contributed by atoms with Crippen molar-refractivity contribution in [1.29, 1.82) is 0 Å². The monoisotopic (exact) mass is 238 g/mol. The Kier molecular flexibility index (Phi) is 2.77. The molecule has 0 nitrogen and oxygen atoms in total. The summed E-state index contributed by atoms with van der Waals surface area (Å²) in [4.78, 5) is 0. The van der Waals surface area contributed by atoms with Gasteiger partial charge in [-0.2, -0.15) is 0 Å². The van der Waals surface area contributed by atoms with Crippen molar-refractivity contribution in [2.24, 2.45) is 0 Å². The van der Waals surface area contributed by atoms with E-state index in [1.165, 1.54) is 0 Å². The molecule has 0 unspecified atom stereocenters. The Morgan fingerprint density at radius 2 is 1.92 bits per heavy atom. The predicted molar refractivity (Wildman–Crippen MR) is 43.8 cm³/mol. The van der Waals surface area contributed by atoms with E-state index < -0.39 is 17.8 Å². The fourth-order valence-electron chi connectivity index (χ4n) is 0.829. The molecule has 1 rings (SSSR count). The summed E-state index contributed by atoms with van der Waals surface area (Å²) in [7, 11) is 0. The number of alkyl halides is 2. The van der Waals surface area contributed by atoms with Crippen LogP contribution in [0.1, 0.15) is 17.6 Å². The first-order valence-corrected chi connectivity index (χ1v) is 4.05. The van der Waals surface area contributed by atoms with Crippen LogP contribution in [0.5, 0.6) is 0 Å². The summed E-state index contributed by atoms with van der Waals surface area (Å²) in [5.41, 5.74) is 0.0457. The number of hydrogen-bond donors (Lipinski definition) is 0. The number of aryl methyl sites for hydroxylation is 1. The fourth-order valence-corrected chi connectivity index (χ4v) is 1.19. The first-order chi connectivity index (χ1) is 5.52. The summed E-state index contributed by atoms with van der Waals surface area (Å²) in [6, 6.07) is 2.20. The first kappa shape index (κ1) is 9.58. The van der Waals surface area contributed by atoms with Crippen molar-refractivity contribution in [3.63, 3.8) is 0 Å². The molecule has 1 aromatic rings. The Balaban J connectivity index is 3.23. The van der Waals surface area contributed by atoms with Crippen LogP contribution >= 0.6 is 15.9 Å². The molecule has 0 N–H and O–H groups in total. The SMILES string of the molecule is Cc1cc(F)c(C(F)F)cc1Br. The van der Waals surface area contributed by atoms with E-state index in [2.05, 4.69) is 15.9 Å². The Bertz CT molecular complexity index is 297. The predicted octanol–water partition coefficient (Wildman–Crippen LogP) is 3.83. The van der Waals surface area contributed by atoms with E-state index in [1.807, 2.05) is 0 Å². The smallest absolute Gasteiger partial charge is 0.206 e. The van der Waals surface area contributed by atoms with Gasteiger partial charge in [0.15, 0.2) is 0 Å². The van der Waals surface area contributed by atoms with Gasteiger partial charge in [-0.05, 0) is 24.6 Å². The average Bonchev–Trinajstić information content (AvgIpc) is 1.96. The van der Waals surface area contributed by atoms with Crippen molar-refractivity contribution >= 4 is 15.9 Å². The van der Waals surface area contributed by atoms with Crippen LogP contribution in [0.2, 0.25) is 0 Å². The normalized spacial score (nSPS) is 10.8. The summed E-state index contributed by atoms with van der Waals surface area (Å²) < 4.78 is 37.4. The number of rotatable bonds is 1. The highest BCUT2D eigenvalue weighted by molar-refractivity contribution is 9.10. The van der Waals surface area contributed by atoms with E-state index in [0.29, 0.717) is 10.0 Å². The third kappa shape index (κ3) is 1.80. The molecule has 1 aromatic carbocycles. The lowest BCUT2D eigenvalue weighted by atomic mass is 10.1. The molecule has 12 heavy (non-hydrogen) atoms. The van der Waals surface area contributed by atoms with Gasteiger partial charge in [0.05, 0.1) is 5.56 Å². The van der Waals surface area contributed by atoms with Gasteiger partial charge in [-0.15, -0.1) is 0 Å². The summed E-state index contributed by atoms with van der Waals surface area (Å²) in [5, 5.41) is 0. The molecule has 0 heterocycles. The zero-order chi connectivity index (χ0) is 9.30. The van der Waals surface area contributed by atoms with Gasteiger partial charge >= 0.3 is 0 Å². The van der Waals surface area contributed by atoms with Gasteiger partial charge in [0.25, 0.3) is 6.43 Å². The highest BCUT2D eigenvalue weighted by Crippen LogP contribution is 2.27. The van der Waals surface area contributed by atoms with E-state index in [0.717, 1.165) is 12.1 Å². The summed E-state index contributed by atoms with van der Waals surface area (Å²) in [6.45, 7) is 1.64. The van der Waals surface area contributed by atoms with Crippen LogP contribution in [-0.2, 0) is 0 Å². The van der Waals surface area contributed by atoms with E-state index in [9.17, 15) is 13.2 Å². The summed E-state index contributed by atoms with van der Waals surface area (Å²) >= 11 is 3.05. The van der Waals surface area contributed by atoms with Gasteiger partial charge < -0.3 is 0 Å². The molecule has 0 aliphatic rings. The molecule has 0 spiro atoms. The quantitative estimate of drug-likeness (QED) is 0.698. The molecule has 0 aliphatic heterocycles. The van der Waals surface area contributed by atoms with Crippen molar-refractivity contribution in [2.45, 2.75) is 13.3 Å². The maximum absolute atomic E-state index is 12.8. The second-order valence-electron chi connectivity index (χ2n) is 2.42. The Morgan fingerprint density at radius 3 is 2.42 bits per heavy atom. The lowest BCUT2D eigenvalue weighted by Crippen LogP contribution is -1.92. The maximum Gasteiger partial charge on any atom is 0.266 e. The molecule has 0 fully saturated rings. The van der Waals surface area contributed by atoms with Crippen LogP contribution < -0.4 is 0 Å². The van der Waals surface area contributed by atoms with Crippen LogP contribution in [0, 0.1) is 12.7 Å². The van der Waals surface area contributed by atoms with E-state index in [4.69, 9.17) is 0 Å². The first-order valence-electron chi connectivity index (χ1n) is 3.26. The van der Waals surface area contributed by atoms with E-state index >= 15 is 0 Å². The van der Waals surface area contributed by atoms with Crippen molar-refractivity contribution in [3.05, 3.63) is 33.5 Å². The largest absolute Gasteiger partial charge is 0.266 e. The van der Waals surface area contributed by atoms with Crippen molar-refractivity contribution in [1.82, 2.24) is 0 Å². The van der Waals surface area contributed by atoms with Crippen LogP contribution in [0.15, 0.2) is 16.6 Å². The van der Waals surface area contributed by atoms with Crippen molar-refractivity contribution < 1.29 is 13.2 Å². The molecular formula is C8H6BrF3. The minimum absolute atomic E-state index is 0.499. The molecule has 0 radical (unpaired) electrons. The minimum atomic E-state index is -2.76. The van der Waals surface area contributed by atoms with Gasteiger partial charge in [0, 0.05) is 4.47 Å². The Morgan fingerprint density at radius 1 is 1.33 bits per heavy atom. The molecule has 0 aromatic heterocycles. The Hall–Kier alpha value is -0.510. The van der Waals surface area contributed by atoms with Crippen LogP contribution in [0.4, 0.5) is 13.2 Å². The maximum atomic E-state index is 12.8. The molecule has 0 aliphatic carbocycles. The molecule has 0 saturated carbocycles. The topological polar surface area (TPSA) is 0 Å². The number of benzene rings is 1. The molecular weight excluding hydrogens is 233 g/mol. The molecule has 0 atom stereocenters. The second-order valence-corrected chi connectivity index (χ2v) is 3.28. The van der Waals surface area contributed by atoms with Crippen LogP contribution in [0.3, 0.4) is 0 Å². The van der Waals surface area contributed by atoms with Gasteiger partial charge in [-0.25, -0.2) is 13.2 Å². The van der Waals surface area contributed by atoms with Gasteiger partial charge in [0.1, 0.15) is 5.82 Å². The lowest BCUT2D eigenvalue weighted by molar-refractivity contribution is 0.146. The number of halogens is 4. The molecule has 0 saturated heterocycles. The average molecular weight is 239 g/mol. The minimum Gasteiger partial charge on any atom is -0.206 e. The van der Waals surface area contributed by atoms with Gasteiger partial charge in [-0.1, -0.05) is 15.9 Å². The highest BCUT2D eigenvalue weighted by atomic mass is 79.9. The fraction of sp³-hybridized carbons (Fsp3) is 0.250. The van der Waals surface area contributed by atoms with Gasteiger partial charge in [-0.3, -0.25) is 0 Å². The molecule has 66 valence electrons. The van der Waals surface area contributed by atoms with Crippen LogP contribution in [0.25, 0.3) is 0 Å². The zero-order valence-electron chi connectivity index (χ0n) is 6.24. The molecule has 0 bridgehead atoms. The second kappa shape index (κ2) is 3.47. The summed E-state index contributed by atoms with van der Waals surface area (Å²) in [6.07, 6.45) is -2.76.